The Morgan fingerprint density at radius 1 is 0.969 bits per heavy atom. The minimum atomic E-state index is -1.08. The first-order chi connectivity index (χ1) is 15.4. The number of nitrogens with zero attached hydrogens (tertiary/aromatic N) is 2. The molecule has 3 atom stereocenters. The number of aliphatic hydroxyl groups excluding tert-OH is 1. The Kier molecular flexibility index (Phi) is 7.75. The lowest BCUT2D eigenvalue weighted by molar-refractivity contribution is -0.150. The Bertz CT molecular complexity index is 1110. The summed E-state index contributed by atoms with van der Waals surface area (Å²) in [4.78, 5) is 33.9. The third-order valence-corrected chi connectivity index (χ3v) is 6.04. The zero-order valence-electron chi connectivity index (χ0n) is 19.0. The Balaban J connectivity index is 2.03. The molecule has 3 rings (SSSR count). The maximum atomic E-state index is 12.5. The standard InChI is InChI=1S/C25H30N2O5/c1-5-15(2)9-6-12-18(25(30)32-4)23(28)16-10-7-13-19-21(16)26-20-14-8-11-17(22(20)27-19)24(29)31-3/h7-8,10-11,13-15,18,23,28H,5-6,9,12H2,1-4H3/t15?,18-,23-/m0/s1. The number of fused-ring (bicyclic) bond motifs is 2. The Morgan fingerprint density at radius 2 is 1.62 bits per heavy atom. The lowest BCUT2D eigenvalue weighted by Gasteiger charge is -2.22. The van der Waals surface area contributed by atoms with Crippen LogP contribution in [0.15, 0.2) is 36.4 Å². The van der Waals surface area contributed by atoms with Gasteiger partial charge >= 0.3 is 11.9 Å². The van der Waals surface area contributed by atoms with E-state index < -0.39 is 24.0 Å². The fraction of sp³-hybridized carbons (Fsp3) is 0.440. The van der Waals surface area contributed by atoms with Crippen LogP contribution in [0.4, 0.5) is 0 Å². The lowest BCUT2D eigenvalue weighted by Crippen LogP contribution is -2.24. The van der Waals surface area contributed by atoms with Gasteiger partial charge < -0.3 is 14.6 Å². The van der Waals surface area contributed by atoms with E-state index in [1.807, 2.05) is 0 Å². The van der Waals surface area contributed by atoms with E-state index in [0.29, 0.717) is 45.5 Å². The molecule has 1 heterocycles. The maximum absolute atomic E-state index is 12.5. The number of rotatable bonds is 9. The molecule has 0 spiro atoms. The quantitative estimate of drug-likeness (QED) is 0.385. The van der Waals surface area contributed by atoms with Crippen molar-refractivity contribution in [3.8, 4) is 0 Å². The number of hydrogen-bond donors (Lipinski definition) is 1. The van der Waals surface area contributed by atoms with Crippen LogP contribution in [-0.4, -0.2) is 41.2 Å². The van der Waals surface area contributed by atoms with Gasteiger partial charge in [0.25, 0.3) is 0 Å². The molecule has 0 aliphatic carbocycles. The summed E-state index contributed by atoms with van der Waals surface area (Å²) in [6.45, 7) is 4.32. The van der Waals surface area contributed by atoms with Gasteiger partial charge in [-0.15, -0.1) is 0 Å². The minimum absolute atomic E-state index is 0.322. The van der Waals surface area contributed by atoms with Gasteiger partial charge in [0.2, 0.25) is 0 Å². The van der Waals surface area contributed by atoms with Gasteiger partial charge in [-0.25, -0.2) is 14.8 Å². The summed E-state index contributed by atoms with van der Waals surface area (Å²) in [6, 6.07) is 10.4. The molecule has 0 saturated carbocycles. The molecule has 170 valence electrons. The largest absolute Gasteiger partial charge is 0.469 e. The van der Waals surface area contributed by atoms with Crippen molar-refractivity contribution < 1.29 is 24.2 Å². The van der Waals surface area contributed by atoms with Gasteiger partial charge in [0.1, 0.15) is 5.52 Å². The predicted molar refractivity (Wildman–Crippen MR) is 122 cm³/mol. The molecule has 0 radical (unpaired) electrons. The zero-order chi connectivity index (χ0) is 23.3. The number of methoxy groups -OCH3 is 2. The summed E-state index contributed by atoms with van der Waals surface area (Å²) in [6.07, 6.45) is 2.30. The van der Waals surface area contributed by atoms with Gasteiger partial charge in [0.15, 0.2) is 0 Å². The van der Waals surface area contributed by atoms with E-state index in [9.17, 15) is 14.7 Å². The van der Waals surface area contributed by atoms with E-state index >= 15 is 0 Å². The number of hydrogen-bond acceptors (Lipinski definition) is 7. The molecule has 7 nitrogen and oxygen atoms in total. The smallest absolute Gasteiger partial charge is 0.340 e. The fourth-order valence-electron chi connectivity index (χ4n) is 3.92. The van der Waals surface area contributed by atoms with Crippen molar-refractivity contribution in [3.63, 3.8) is 0 Å². The van der Waals surface area contributed by atoms with Crippen molar-refractivity contribution in [1.82, 2.24) is 9.97 Å². The molecule has 0 bridgehead atoms. The molecule has 0 saturated heterocycles. The highest BCUT2D eigenvalue weighted by Crippen LogP contribution is 2.33. The molecule has 0 fully saturated rings. The number of aliphatic hydroxyl groups is 1. The molecule has 1 aromatic heterocycles. The van der Waals surface area contributed by atoms with Gasteiger partial charge in [-0.3, -0.25) is 4.79 Å². The van der Waals surface area contributed by atoms with Crippen LogP contribution >= 0.6 is 0 Å². The first-order valence-corrected chi connectivity index (χ1v) is 10.9. The van der Waals surface area contributed by atoms with Gasteiger partial charge in [0, 0.05) is 5.56 Å². The lowest BCUT2D eigenvalue weighted by atomic mass is 9.88. The van der Waals surface area contributed by atoms with Crippen LogP contribution in [-0.2, 0) is 14.3 Å². The van der Waals surface area contributed by atoms with Gasteiger partial charge in [0.05, 0.1) is 48.4 Å². The third-order valence-electron chi connectivity index (χ3n) is 6.04. The number of para-hydroxylation sites is 2. The second-order valence-electron chi connectivity index (χ2n) is 8.12. The molecular weight excluding hydrogens is 408 g/mol. The van der Waals surface area contributed by atoms with Gasteiger partial charge in [-0.1, -0.05) is 51.3 Å². The normalized spacial score (nSPS) is 14.2. The summed E-state index contributed by atoms with van der Waals surface area (Å²) in [5.41, 5.74) is 2.78. The van der Waals surface area contributed by atoms with Crippen molar-refractivity contribution in [2.45, 2.75) is 45.6 Å². The molecule has 32 heavy (non-hydrogen) atoms. The molecule has 3 aromatic rings. The fourth-order valence-corrected chi connectivity index (χ4v) is 3.92. The Morgan fingerprint density at radius 3 is 2.28 bits per heavy atom. The molecule has 1 unspecified atom stereocenters. The highest BCUT2D eigenvalue weighted by molar-refractivity contribution is 6.03. The van der Waals surface area contributed by atoms with Crippen LogP contribution in [0.5, 0.6) is 0 Å². The van der Waals surface area contributed by atoms with Crippen molar-refractivity contribution in [1.29, 1.82) is 0 Å². The molecule has 0 amide bonds. The van der Waals surface area contributed by atoms with Crippen LogP contribution in [0.1, 0.15) is 61.6 Å². The number of carbonyl (C=O) groups excluding carboxylic acids is 2. The van der Waals surface area contributed by atoms with E-state index in [4.69, 9.17) is 9.47 Å². The van der Waals surface area contributed by atoms with Crippen molar-refractivity contribution >= 4 is 34.0 Å². The zero-order valence-corrected chi connectivity index (χ0v) is 19.0. The van der Waals surface area contributed by atoms with E-state index in [2.05, 4.69) is 23.8 Å². The van der Waals surface area contributed by atoms with Crippen LogP contribution in [0.3, 0.4) is 0 Å². The molecule has 7 heteroatoms. The topological polar surface area (TPSA) is 98.6 Å². The summed E-state index contributed by atoms with van der Waals surface area (Å²) < 4.78 is 9.84. The van der Waals surface area contributed by atoms with Crippen LogP contribution < -0.4 is 0 Å². The highest BCUT2D eigenvalue weighted by Gasteiger charge is 2.30. The molecule has 0 aliphatic heterocycles. The maximum Gasteiger partial charge on any atom is 0.340 e. The van der Waals surface area contributed by atoms with Crippen molar-refractivity contribution in [3.05, 3.63) is 47.5 Å². The minimum Gasteiger partial charge on any atom is -0.469 e. The second-order valence-corrected chi connectivity index (χ2v) is 8.12. The highest BCUT2D eigenvalue weighted by atomic mass is 16.5. The van der Waals surface area contributed by atoms with E-state index in [-0.39, 0.29) is 0 Å². The molecule has 0 aliphatic rings. The van der Waals surface area contributed by atoms with E-state index in [0.717, 1.165) is 19.3 Å². The summed E-state index contributed by atoms with van der Waals surface area (Å²) >= 11 is 0. The molecular formula is C25H30N2O5. The Hall–Kier alpha value is -3.06. The number of esters is 2. The first kappa shape index (κ1) is 23.6. The van der Waals surface area contributed by atoms with Gasteiger partial charge in [-0.2, -0.15) is 0 Å². The van der Waals surface area contributed by atoms with Crippen LogP contribution in [0.2, 0.25) is 0 Å². The van der Waals surface area contributed by atoms with Crippen LogP contribution in [0, 0.1) is 11.8 Å². The van der Waals surface area contributed by atoms with Crippen molar-refractivity contribution in [2.24, 2.45) is 11.8 Å². The van der Waals surface area contributed by atoms with Gasteiger partial charge in [-0.05, 0) is 30.5 Å². The first-order valence-electron chi connectivity index (χ1n) is 10.9. The average Bonchev–Trinajstić information content (AvgIpc) is 2.83. The third kappa shape index (κ3) is 4.88. The summed E-state index contributed by atoms with van der Waals surface area (Å²) in [5.74, 6) is -1.08. The summed E-state index contributed by atoms with van der Waals surface area (Å²) in [5, 5.41) is 11.2. The van der Waals surface area contributed by atoms with Crippen molar-refractivity contribution in [2.75, 3.05) is 14.2 Å². The van der Waals surface area contributed by atoms with E-state index in [1.54, 1.807) is 36.4 Å². The SMILES string of the molecule is CCC(C)CCC[C@H](C(=O)OC)[C@@H](O)c1cccc2nc3c(C(=O)OC)cccc3nc12. The number of ether oxygens (including phenoxy) is 2. The molecule has 1 N–H and O–H groups in total. The average molecular weight is 439 g/mol. The monoisotopic (exact) mass is 438 g/mol. The molecule has 2 aromatic carbocycles. The number of carbonyl (C=O) groups is 2. The number of benzene rings is 2. The summed E-state index contributed by atoms with van der Waals surface area (Å²) in [7, 11) is 2.65. The van der Waals surface area contributed by atoms with E-state index in [1.165, 1.54) is 14.2 Å². The van der Waals surface area contributed by atoms with Crippen LogP contribution in [0.25, 0.3) is 22.1 Å². The second kappa shape index (κ2) is 10.5. The predicted octanol–water partition coefficient (Wildman–Crippen LogP) is 4.61. The number of aromatic nitrogens is 2. The Labute approximate surface area is 187 Å².